The molecule has 1 atom stereocenters. The average molecular weight is 398 g/mol. The number of nitrogens with one attached hydrogen (secondary N) is 2. The molecule has 0 amide bonds. The Hall–Kier alpha value is -4.12. The van der Waals surface area contributed by atoms with Crippen LogP contribution in [0.4, 0.5) is 26.1 Å². The van der Waals surface area contributed by atoms with Crippen LogP contribution in [0.5, 0.6) is 5.75 Å². The molecular weight excluding hydrogens is 382 g/mol. The van der Waals surface area contributed by atoms with Crippen molar-refractivity contribution in [1.82, 2.24) is 10.3 Å². The molecule has 0 aliphatic carbocycles. The van der Waals surface area contributed by atoms with E-state index in [0.717, 1.165) is 12.1 Å². The summed E-state index contributed by atoms with van der Waals surface area (Å²) < 4.78 is 34.1. The lowest BCUT2D eigenvalue weighted by Crippen LogP contribution is -2.32. The minimum Gasteiger partial charge on any atom is -0.488 e. The lowest BCUT2D eigenvalue weighted by Gasteiger charge is -2.26. The van der Waals surface area contributed by atoms with E-state index in [9.17, 15) is 14.0 Å². The van der Waals surface area contributed by atoms with Gasteiger partial charge in [0, 0.05) is 5.56 Å². The van der Waals surface area contributed by atoms with Crippen molar-refractivity contribution < 1.29 is 13.5 Å². The van der Waals surface area contributed by atoms with Crippen molar-refractivity contribution in [1.29, 1.82) is 10.5 Å². The van der Waals surface area contributed by atoms with Gasteiger partial charge in [0.2, 0.25) is 5.96 Å². The summed E-state index contributed by atoms with van der Waals surface area (Å²) in [6, 6.07) is 2.92. The Balaban J connectivity index is 2.19. The number of hydrogen-bond donors (Lipinski definition) is 4. The summed E-state index contributed by atoms with van der Waals surface area (Å²) in [7, 11) is 0. The zero-order chi connectivity index (χ0) is 21.1. The van der Waals surface area contributed by atoms with Gasteiger partial charge in [0.15, 0.2) is 23.6 Å². The van der Waals surface area contributed by atoms with E-state index in [-0.39, 0.29) is 46.6 Å². The van der Waals surface area contributed by atoms with Crippen molar-refractivity contribution in [3.63, 3.8) is 0 Å². The molecule has 2 heterocycles. The predicted molar refractivity (Wildman–Crippen MR) is 102 cm³/mol. The van der Waals surface area contributed by atoms with Gasteiger partial charge in [0.1, 0.15) is 29.3 Å². The standard InChI is InChI=1S/C18H16F2N8O/c1-2-3-29-15-10(19)4-8(5-11(15)20)14-12-13(23)9(6-21)16(24)27-17(12)28-18(26-14)25-7-22/h4-5,14H,2-3H2,1H3,(H6,23,24,25,26,27,28). The molecule has 0 saturated heterocycles. The first kappa shape index (κ1) is 19.6. The number of nitrogens with zero attached hydrogens (tertiary/aromatic N) is 4. The first-order valence-electron chi connectivity index (χ1n) is 8.51. The fourth-order valence-electron chi connectivity index (χ4n) is 2.90. The van der Waals surface area contributed by atoms with E-state index < -0.39 is 23.4 Å². The molecule has 3 rings (SSSR count). The Morgan fingerprint density at radius 1 is 1.28 bits per heavy atom. The molecule has 1 aromatic carbocycles. The SMILES string of the molecule is CCCOc1c(F)cc(C2N=C(NC#N)Nc3nc(N)c(C#N)c(N)c32)cc1F. The van der Waals surface area contributed by atoms with Crippen LogP contribution < -0.4 is 26.8 Å². The highest BCUT2D eigenvalue weighted by molar-refractivity contribution is 5.98. The van der Waals surface area contributed by atoms with Crippen molar-refractivity contribution >= 4 is 23.3 Å². The topological polar surface area (TPSA) is 158 Å². The van der Waals surface area contributed by atoms with Crippen LogP contribution in [0.15, 0.2) is 17.1 Å². The van der Waals surface area contributed by atoms with Crippen LogP contribution in [-0.4, -0.2) is 17.6 Å². The number of aromatic nitrogens is 1. The Morgan fingerprint density at radius 3 is 2.55 bits per heavy atom. The van der Waals surface area contributed by atoms with Crippen molar-refractivity contribution in [3.05, 3.63) is 40.5 Å². The number of pyridine rings is 1. The van der Waals surface area contributed by atoms with Gasteiger partial charge < -0.3 is 21.5 Å². The van der Waals surface area contributed by atoms with E-state index in [0.29, 0.717) is 6.42 Å². The molecule has 0 spiro atoms. The summed E-state index contributed by atoms with van der Waals surface area (Å²) in [6.45, 7) is 1.96. The number of nitrogen functional groups attached to an aromatic ring is 2. The zero-order valence-corrected chi connectivity index (χ0v) is 15.3. The largest absolute Gasteiger partial charge is 0.488 e. The molecule has 9 nitrogen and oxygen atoms in total. The van der Waals surface area contributed by atoms with E-state index in [1.54, 1.807) is 6.19 Å². The highest BCUT2D eigenvalue weighted by Crippen LogP contribution is 2.41. The first-order valence-corrected chi connectivity index (χ1v) is 8.51. The smallest absolute Gasteiger partial charge is 0.211 e. The normalized spacial score (nSPS) is 14.7. The minimum absolute atomic E-state index is 0.0202. The van der Waals surface area contributed by atoms with E-state index in [1.165, 1.54) is 0 Å². The van der Waals surface area contributed by atoms with Gasteiger partial charge in [-0.1, -0.05) is 6.92 Å². The number of guanidine groups is 1. The van der Waals surface area contributed by atoms with Crippen molar-refractivity contribution in [2.45, 2.75) is 19.4 Å². The number of hydrogen-bond acceptors (Lipinski definition) is 9. The van der Waals surface area contributed by atoms with Gasteiger partial charge in [0.25, 0.3) is 0 Å². The number of aliphatic imine (C=N–C) groups is 1. The van der Waals surface area contributed by atoms with Crippen molar-refractivity contribution in [3.8, 4) is 18.0 Å². The number of anilines is 3. The van der Waals surface area contributed by atoms with Crippen LogP contribution >= 0.6 is 0 Å². The summed E-state index contributed by atoms with van der Waals surface area (Å²) in [6.07, 6.45) is 2.27. The summed E-state index contributed by atoms with van der Waals surface area (Å²) in [4.78, 5) is 8.33. The van der Waals surface area contributed by atoms with Crippen LogP contribution in [0, 0.1) is 34.4 Å². The second-order valence-electron chi connectivity index (χ2n) is 6.06. The Labute approximate surface area is 164 Å². The molecule has 1 aliphatic heterocycles. The maximum absolute atomic E-state index is 14.5. The van der Waals surface area contributed by atoms with E-state index in [1.807, 2.05) is 13.0 Å². The number of benzene rings is 1. The third kappa shape index (κ3) is 3.53. The highest BCUT2D eigenvalue weighted by atomic mass is 19.1. The molecular formula is C18H16F2N8O. The maximum atomic E-state index is 14.5. The lowest BCUT2D eigenvalue weighted by molar-refractivity contribution is 0.284. The Morgan fingerprint density at radius 2 is 1.97 bits per heavy atom. The lowest BCUT2D eigenvalue weighted by atomic mass is 9.95. The number of nitriles is 2. The van der Waals surface area contributed by atoms with Gasteiger partial charge in [-0.2, -0.15) is 10.5 Å². The fraction of sp³-hybridized carbons (Fsp3) is 0.222. The van der Waals surface area contributed by atoms with Gasteiger partial charge >= 0.3 is 0 Å². The average Bonchev–Trinajstić information content (AvgIpc) is 2.67. The number of ether oxygens (including phenoxy) is 1. The molecule has 1 aliphatic rings. The van der Waals surface area contributed by atoms with Gasteiger partial charge in [-0.15, -0.1) is 0 Å². The van der Waals surface area contributed by atoms with Crippen molar-refractivity contribution in [2.24, 2.45) is 4.99 Å². The summed E-state index contributed by atoms with van der Waals surface area (Å²) in [5.74, 6) is -2.36. The van der Waals surface area contributed by atoms with E-state index in [2.05, 4.69) is 20.6 Å². The second-order valence-corrected chi connectivity index (χ2v) is 6.06. The molecule has 0 saturated carbocycles. The zero-order valence-electron chi connectivity index (χ0n) is 15.3. The number of rotatable bonds is 4. The highest BCUT2D eigenvalue weighted by Gasteiger charge is 2.31. The van der Waals surface area contributed by atoms with Crippen LogP contribution in [0.1, 0.15) is 36.1 Å². The fourth-order valence-corrected chi connectivity index (χ4v) is 2.90. The second kappa shape index (κ2) is 7.86. The Kier molecular flexibility index (Phi) is 5.32. The Bertz CT molecular complexity index is 1060. The molecule has 11 heteroatoms. The van der Waals surface area contributed by atoms with E-state index in [4.69, 9.17) is 21.5 Å². The summed E-state index contributed by atoms with van der Waals surface area (Å²) in [5.41, 5.74) is 12.0. The number of nitrogens with two attached hydrogens (primary N) is 2. The molecule has 6 N–H and O–H groups in total. The molecule has 2 aromatic rings. The summed E-state index contributed by atoms with van der Waals surface area (Å²) >= 11 is 0. The summed E-state index contributed by atoms with van der Waals surface area (Å²) in [5, 5.41) is 23.2. The molecule has 1 aromatic heterocycles. The predicted octanol–water partition coefficient (Wildman–Crippen LogP) is 2.13. The van der Waals surface area contributed by atoms with E-state index >= 15 is 0 Å². The third-order valence-corrected chi connectivity index (χ3v) is 4.14. The molecule has 0 radical (unpaired) electrons. The first-order chi connectivity index (χ1) is 13.9. The minimum atomic E-state index is -1.05. The molecule has 0 bridgehead atoms. The quantitative estimate of drug-likeness (QED) is 0.450. The van der Waals surface area contributed by atoms with Crippen LogP contribution in [-0.2, 0) is 0 Å². The molecule has 1 unspecified atom stereocenters. The number of halogens is 2. The van der Waals surface area contributed by atoms with Crippen LogP contribution in [0.3, 0.4) is 0 Å². The van der Waals surface area contributed by atoms with Gasteiger partial charge in [0.05, 0.1) is 12.3 Å². The van der Waals surface area contributed by atoms with Gasteiger partial charge in [-0.3, -0.25) is 5.32 Å². The van der Waals surface area contributed by atoms with Crippen LogP contribution in [0.25, 0.3) is 0 Å². The number of fused-ring (bicyclic) bond motifs is 1. The van der Waals surface area contributed by atoms with Crippen LogP contribution in [0.2, 0.25) is 0 Å². The maximum Gasteiger partial charge on any atom is 0.211 e. The monoisotopic (exact) mass is 398 g/mol. The van der Waals surface area contributed by atoms with Gasteiger partial charge in [-0.25, -0.2) is 18.8 Å². The van der Waals surface area contributed by atoms with Gasteiger partial charge in [-0.05, 0) is 24.1 Å². The third-order valence-electron chi connectivity index (χ3n) is 4.14. The molecule has 0 fully saturated rings. The molecule has 29 heavy (non-hydrogen) atoms. The molecule has 148 valence electrons. The van der Waals surface area contributed by atoms with Crippen molar-refractivity contribution in [2.75, 3.05) is 23.4 Å².